The van der Waals surface area contributed by atoms with E-state index in [9.17, 15) is 4.79 Å². The van der Waals surface area contributed by atoms with Crippen molar-refractivity contribution in [1.29, 1.82) is 0 Å². The van der Waals surface area contributed by atoms with Crippen molar-refractivity contribution in [2.75, 3.05) is 0 Å². The Morgan fingerprint density at radius 1 is 1.80 bits per heavy atom. The second-order valence-electron chi connectivity index (χ2n) is 1.72. The van der Waals surface area contributed by atoms with Gasteiger partial charge in [-0.2, -0.15) is 0 Å². The average molecular weight is 151 g/mol. The van der Waals surface area contributed by atoms with Gasteiger partial charge >= 0.3 is 0 Å². The number of carbonyl (C=O) groups excluding carboxylic acids is 1. The summed E-state index contributed by atoms with van der Waals surface area (Å²) in [6, 6.07) is 0. The highest BCUT2D eigenvalue weighted by Crippen LogP contribution is 2.14. The summed E-state index contributed by atoms with van der Waals surface area (Å²) in [5.41, 5.74) is 0.576. The van der Waals surface area contributed by atoms with E-state index in [2.05, 4.69) is 10.9 Å². The van der Waals surface area contributed by atoms with Gasteiger partial charge in [0, 0.05) is 4.88 Å². The summed E-state index contributed by atoms with van der Waals surface area (Å²) in [5.74, 6) is 2.39. The maximum atomic E-state index is 10.2. The molecule has 3 heteroatoms. The summed E-state index contributed by atoms with van der Waals surface area (Å²) in [5, 5.41) is 0.449. The van der Waals surface area contributed by atoms with E-state index >= 15 is 0 Å². The number of hydrogen-bond acceptors (Lipinski definition) is 3. The fraction of sp³-hybridized carbons (Fsp3) is 0.143. The molecular formula is C7H5NOS. The van der Waals surface area contributed by atoms with Gasteiger partial charge in [0.25, 0.3) is 0 Å². The van der Waals surface area contributed by atoms with E-state index in [4.69, 9.17) is 6.42 Å². The molecule has 0 aliphatic rings. The van der Waals surface area contributed by atoms with Gasteiger partial charge in [-0.1, -0.05) is 0 Å². The first-order valence-electron chi connectivity index (χ1n) is 2.67. The van der Waals surface area contributed by atoms with Crippen molar-refractivity contribution in [3.63, 3.8) is 0 Å². The van der Waals surface area contributed by atoms with Crippen LogP contribution >= 0.6 is 11.3 Å². The zero-order chi connectivity index (χ0) is 7.56. The number of aromatic nitrogens is 1. The van der Waals surface area contributed by atoms with Crippen LogP contribution in [0.1, 0.15) is 20.4 Å². The van der Waals surface area contributed by atoms with Gasteiger partial charge in [0.2, 0.25) is 0 Å². The van der Waals surface area contributed by atoms with Gasteiger partial charge in [-0.3, -0.25) is 4.79 Å². The van der Waals surface area contributed by atoms with Gasteiger partial charge in [-0.05, 0) is 12.8 Å². The Balaban J connectivity index is 3.19. The van der Waals surface area contributed by atoms with E-state index in [1.165, 1.54) is 11.3 Å². The van der Waals surface area contributed by atoms with Crippen molar-refractivity contribution in [1.82, 2.24) is 4.98 Å². The lowest BCUT2D eigenvalue weighted by molar-refractivity contribution is 0.112. The van der Waals surface area contributed by atoms with Crippen molar-refractivity contribution >= 4 is 17.6 Å². The molecule has 0 aliphatic heterocycles. The molecule has 0 aliphatic carbocycles. The van der Waals surface area contributed by atoms with Gasteiger partial charge < -0.3 is 0 Å². The first kappa shape index (κ1) is 6.97. The van der Waals surface area contributed by atoms with Crippen LogP contribution in [0.4, 0.5) is 0 Å². The van der Waals surface area contributed by atoms with Gasteiger partial charge in [-0.25, -0.2) is 4.98 Å². The highest BCUT2D eigenvalue weighted by molar-refractivity contribution is 7.13. The molecule has 0 N–H and O–H groups in total. The number of rotatable bonds is 1. The third-order valence-corrected chi connectivity index (χ3v) is 1.95. The molecule has 0 aromatic carbocycles. The molecule has 0 spiro atoms. The Labute approximate surface area is 62.9 Å². The van der Waals surface area contributed by atoms with Gasteiger partial charge in [0.05, 0.1) is 0 Å². The minimum Gasteiger partial charge on any atom is -0.295 e. The molecule has 0 saturated heterocycles. The van der Waals surface area contributed by atoms with Crippen LogP contribution in [0.25, 0.3) is 0 Å². The first-order chi connectivity index (χ1) is 4.77. The molecular weight excluding hydrogens is 146 g/mol. The van der Waals surface area contributed by atoms with Gasteiger partial charge in [0.15, 0.2) is 11.3 Å². The smallest absolute Gasteiger partial charge is 0.178 e. The summed E-state index contributed by atoms with van der Waals surface area (Å²) in [7, 11) is 0. The molecule has 50 valence electrons. The lowest BCUT2D eigenvalue weighted by Gasteiger charge is -1.77. The van der Waals surface area contributed by atoms with Crippen molar-refractivity contribution < 1.29 is 4.79 Å². The second kappa shape index (κ2) is 2.63. The quantitative estimate of drug-likeness (QED) is 0.446. The van der Waals surface area contributed by atoms with Crippen molar-refractivity contribution in [2.45, 2.75) is 6.92 Å². The number of hydrogen-bond donors (Lipinski definition) is 0. The predicted molar refractivity (Wildman–Crippen MR) is 40.2 cm³/mol. The Morgan fingerprint density at radius 2 is 2.50 bits per heavy atom. The largest absolute Gasteiger partial charge is 0.295 e. The first-order valence-corrected chi connectivity index (χ1v) is 3.49. The van der Waals surface area contributed by atoms with E-state index in [1.54, 1.807) is 0 Å². The molecule has 0 radical (unpaired) electrons. The topological polar surface area (TPSA) is 30.0 Å². The molecule has 2 nitrogen and oxygen atoms in total. The molecule has 0 saturated carbocycles. The zero-order valence-electron chi connectivity index (χ0n) is 5.42. The molecule has 1 aromatic rings. The lowest BCUT2D eigenvalue weighted by atomic mass is 10.4. The Bertz CT molecular complexity index is 295. The standard InChI is InChI=1S/C7H5NOS/c1-3-6-5(2)10-7(4-9)8-6/h1,4H,2H3. The van der Waals surface area contributed by atoms with E-state index in [0.717, 1.165) is 4.88 Å². The number of nitrogens with zero attached hydrogens (tertiary/aromatic N) is 1. The predicted octanol–water partition coefficient (Wildman–Crippen LogP) is 1.25. The Kier molecular flexibility index (Phi) is 1.83. The average Bonchev–Trinajstić information content (AvgIpc) is 2.30. The monoisotopic (exact) mass is 151 g/mol. The zero-order valence-corrected chi connectivity index (χ0v) is 6.23. The molecule has 10 heavy (non-hydrogen) atoms. The Morgan fingerprint density at radius 3 is 2.80 bits per heavy atom. The third kappa shape index (κ3) is 1.07. The van der Waals surface area contributed by atoms with Gasteiger partial charge in [0.1, 0.15) is 5.69 Å². The van der Waals surface area contributed by atoms with Crippen LogP contribution in [-0.2, 0) is 0 Å². The second-order valence-corrected chi connectivity index (χ2v) is 2.95. The highest BCUT2D eigenvalue weighted by atomic mass is 32.1. The van der Waals surface area contributed by atoms with E-state index in [0.29, 0.717) is 17.0 Å². The molecule has 1 heterocycles. The van der Waals surface area contributed by atoms with Crippen LogP contribution in [-0.4, -0.2) is 11.3 Å². The molecule has 0 amide bonds. The summed E-state index contributed by atoms with van der Waals surface area (Å²) in [6.45, 7) is 1.85. The number of carbonyl (C=O) groups is 1. The van der Waals surface area contributed by atoms with Crippen LogP contribution < -0.4 is 0 Å². The number of aldehydes is 1. The van der Waals surface area contributed by atoms with Crippen molar-refractivity contribution in [2.24, 2.45) is 0 Å². The molecule has 0 unspecified atom stereocenters. The van der Waals surface area contributed by atoms with Crippen LogP contribution in [0, 0.1) is 19.3 Å². The fourth-order valence-electron chi connectivity index (χ4n) is 0.601. The van der Waals surface area contributed by atoms with Crippen LogP contribution in [0.2, 0.25) is 0 Å². The minimum absolute atomic E-state index is 0.449. The molecule has 1 rings (SSSR count). The lowest BCUT2D eigenvalue weighted by Crippen LogP contribution is -1.78. The van der Waals surface area contributed by atoms with Crippen molar-refractivity contribution in [3.05, 3.63) is 15.6 Å². The minimum atomic E-state index is 0.449. The molecule has 1 aromatic heterocycles. The number of aryl methyl sites for hydroxylation is 1. The number of terminal acetylenes is 1. The fourth-order valence-corrected chi connectivity index (χ4v) is 1.30. The highest BCUT2D eigenvalue weighted by Gasteiger charge is 2.02. The molecule has 0 fully saturated rings. The van der Waals surface area contributed by atoms with E-state index < -0.39 is 0 Å². The normalized spacial score (nSPS) is 8.80. The number of thiazole rings is 1. The van der Waals surface area contributed by atoms with Crippen LogP contribution in [0.3, 0.4) is 0 Å². The third-order valence-electron chi connectivity index (χ3n) is 1.05. The van der Waals surface area contributed by atoms with E-state index in [-0.39, 0.29) is 0 Å². The summed E-state index contributed by atoms with van der Waals surface area (Å²) in [6.07, 6.45) is 5.80. The van der Waals surface area contributed by atoms with Crippen molar-refractivity contribution in [3.8, 4) is 12.3 Å². The Hall–Kier alpha value is -1.14. The summed E-state index contributed by atoms with van der Waals surface area (Å²) < 4.78 is 0. The maximum absolute atomic E-state index is 10.2. The summed E-state index contributed by atoms with van der Waals surface area (Å²) in [4.78, 5) is 14.9. The molecule has 0 atom stereocenters. The van der Waals surface area contributed by atoms with Crippen LogP contribution in [0.15, 0.2) is 0 Å². The summed E-state index contributed by atoms with van der Waals surface area (Å²) >= 11 is 1.32. The maximum Gasteiger partial charge on any atom is 0.178 e. The van der Waals surface area contributed by atoms with Crippen LogP contribution in [0.5, 0.6) is 0 Å². The van der Waals surface area contributed by atoms with E-state index in [1.807, 2.05) is 6.92 Å². The SMILES string of the molecule is C#Cc1nc(C=O)sc1C. The van der Waals surface area contributed by atoms with Gasteiger partial charge in [-0.15, -0.1) is 17.8 Å². The molecule has 0 bridgehead atoms.